The van der Waals surface area contributed by atoms with Gasteiger partial charge in [-0.15, -0.1) is 5.10 Å². The molecule has 0 aliphatic rings. The van der Waals surface area contributed by atoms with Gasteiger partial charge in [0.15, 0.2) is 0 Å². The maximum Gasteiger partial charge on any atom is 0.375 e. The molecule has 0 atom stereocenters. The van der Waals surface area contributed by atoms with E-state index in [0.29, 0.717) is 12.8 Å². The summed E-state index contributed by atoms with van der Waals surface area (Å²) in [5, 5.41) is 12.6. The number of halogens is 3. The zero-order valence-corrected chi connectivity index (χ0v) is 12.0. The van der Waals surface area contributed by atoms with Crippen molar-refractivity contribution < 1.29 is 18.7 Å². The largest absolute Gasteiger partial charge is 0.475 e. The monoisotopic (exact) mass is 345 g/mol. The minimum atomic E-state index is -1.32. The van der Waals surface area contributed by atoms with Gasteiger partial charge in [-0.2, -0.15) is 0 Å². The average Bonchev–Trinajstić information content (AvgIpc) is 2.78. The first-order valence-electron chi connectivity index (χ1n) is 5.78. The molecule has 0 saturated carbocycles. The molecule has 1 heterocycles. The molecule has 0 unspecified atom stereocenters. The summed E-state index contributed by atoms with van der Waals surface area (Å²) in [5.41, 5.74) is -0.172. The third-order valence-corrected chi connectivity index (χ3v) is 3.16. The molecule has 0 aliphatic heterocycles. The van der Waals surface area contributed by atoms with Crippen molar-refractivity contribution in [3.05, 3.63) is 39.9 Å². The predicted octanol–water partition coefficient (Wildman–Crippen LogP) is 2.96. The SMILES string of the molecule is CCCc1nc(C(=O)O)nn1-c1cc(F)c(Br)cc1F. The summed E-state index contributed by atoms with van der Waals surface area (Å²) in [6.07, 6.45) is 1.07. The molecule has 0 radical (unpaired) electrons. The van der Waals surface area contributed by atoms with Crippen molar-refractivity contribution in [3.63, 3.8) is 0 Å². The number of carboxylic acid groups (broad SMARTS) is 1. The number of hydrogen-bond donors (Lipinski definition) is 1. The first-order chi connectivity index (χ1) is 9.43. The van der Waals surface area contributed by atoms with Crippen LogP contribution in [-0.4, -0.2) is 25.8 Å². The molecule has 2 rings (SSSR count). The highest BCUT2D eigenvalue weighted by Gasteiger charge is 2.19. The highest BCUT2D eigenvalue weighted by atomic mass is 79.9. The topological polar surface area (TPSA) is 68.0 Å². The molecule has 0 fully saturated rings. The summed E-state index contributed by atoms with van der Waals surface area (Å²) >= 11 is 2.88. The van der Waals surface area contributed by atoms with Crippen LogP contribution in [0.2, 0.25) is 0 Å². The number of benzene rings is 1. The Bertz CT molecular complexity index is 673. The van der Waals surface area contributed by atoms with Gasteiger partial charge >= 0.3 is 5.97 Å². The Morgan fingerprint density at radius 3 is 2.70 bits per heavy atom. The van der Waals surface area contributed by atoms with Crippen molar-refractivity contribution in [1.29, 1.82) is 0 Å². The summed E-state index contributed by atoms with van der Waals surface area (Å²) in [4.78, 5) is 14.7. The molecule has 1 N–H and O–H groups in total. The highest BCUT2D eigenvalue weighted by molar-refractivity contribution is 9.10. The molecule has 106 valence electrons. The van der Waals surface area contributed by atoms with Crippen LogP contribution in [0.4, 0.5) is 8.78 Å². The Morgan fingerprint density at radius 2 is 2.10 bits per heavy atom. The number of hydrogen-bond acceptors (Lipinski definition) is 3. The van der Waals surface area contributed by atoms with Gasteiger partial charge in [0.2, 0.25) is 0 Å². The van der Waals surface area contributed by atoms with Gasteiger partial charge in [0.25, 0.3) is 5.82 Å². The third-order valence-electron chi connectivity index (χ3n) is 2.56. The zero-order valence-electron chi connectivity index (χ0n) is 10.4. The summed E-state index contributed by atoms with van der Waals surface area (Å²) in [7, 11) is 0. The fraction of sp³-hybridized carbons (Fsp3) is 0.250. The van der Waals surface area contributed by atoms with E-state index in [-0.39, 0.29) is 16.0 Å². The first kappa shape index (κ1) is 14.6. The summed E-state index contributed by atoms with van der Waals surface area (Å²) in [6.45, 7) is 1.86. The second kappa shape index (κ2) is 5.66. The van der Waals surface area contributed by atoms with Crippen LogP contribution >= 0.6 is 15.9 Å². The molecule has 1 aromatic carbocycles. The van der Waals surface area contributed by atoms with Crippen molar-refractivity contribution in [1.82, 2.24) is 14.8 Å². The van der Waals surface area contributed by atoms with Crippen LogP contribution in [0, 0.1) is 11.6 Å². The van der Waals surface area contributed by atoms with Crippen LogP contribution in [0.5, 0.6) is 0 Å². The summed E-state index contributed by atoms with van der Waals surface area (Å²) in [6, 6.07) is 1.90. The average molecular weight is 346 g/mol. The molecule has 20 heavy (non-hydrogen) atoms. The maximum absolute atomic E-state index is 13.9. The summed E-state index contributed by atoms with van der Waals surface area (Å²) < 4.78 is 28.5. The van der Waals surface area contributed by atoms with Gasteiger partial charge in [-0.05, 0) is 28.4 Å². The van der Waals surface area contributed by atoms with E-state index in [2.05, 4.69) is 26.0 Å². The van der Waals surface area contributed by atoms with Gasteiger partial charge in [0.05, 0.1) is 4.47 Å². The smallest absolute Gasteiger partial charge is 0.375 e. The van der Waals surface area contributed by atoms with Crippen LogP contribution in [0.3, 0.4) is 0 Å². The first-order valence-corrected chi connectivity index (χ1v) is 6.57. The molecule has 0 saturated heterocycles. The van der Waals surface area contributed by atoms with Crippen molar-refractivity contribution in [3.8, 4) is 5.69 Å². The molecule has 0 bridgehead atoms. The number of carbonyl (C=O) groups is 1. The molecule has 2 aromatic rings. The Morgan fingerprint density at radius 1 is 1.40 bits per heavy atom. The van der Waals surface area contributed by atoms with Gasteiger partial charge < -0.3 is 5.11 Å². The van der Waals surface area contributed by atoms with Gasteiger partial charge in [-0.1, -0.05) is 6.92 Å². The van der Waals surface area contributed by atoms with Crippen molar-refractivity contribution in [2.75, 3.05) is 0 Å². The quantitative estimate of drug-likeness (QED) is 0.865. The van der Waals surface area contributed by atoms with E-state index in [9.17, 15) is 13.6 Å². The lowest BCUT2D eigenvalue weighted by atomic mass is 10.2. The predicted molar refractivity (Wildman–Crippen MR) is 69.9 cm³/mol. The molecular formula is C12H10BrF2N3O2. The second-order valence-corrected chi connectivity index (χ2v) is 4.89. The Kier molecular flexibility index (Phi) is 4.12. The fourth-order valence-corrected chi connectivity index (χ4v) is 2.00. The van der Waals surface area contributed by atoms with Crippen LogP contribution in [-0.2, 0) is 6.42 Å². The second-order valence-electron chi connectivity index (χ2n) is 4.04. The van der Waals surface area contributed by atoms with E-state index < -0.39 is 23.4 Å². The highest BCUT2D eigenvalue weighted by Crippen LogP contribution is 2.23. The molecule has 0 amide bonds. The van der Waals surface area contributed by atoms with Crippen molar-refractivity contribution in [2.24, 2.45) is 0 Å². The lowest BCUT2D eigenvalue weighted by molar-refractivity contribution is 0.0683. The van der Waals surface area contributed by atoms with Crippen LogP contribution < -0.4 is 0 Å². The molecule has 5 nitrogen and oxygen atoms in total. The van der Waals surface area contributed by atoms with E-state index >= 15 is 0 Å². The summed E-state index contributed by atoms with van der Waals surface area (Å²) in [5.74, 6) is -2.89. The van der Waals surface area contributed by atoms with E-state index in [1.807, 2.05) is 6.92 Å². The van der Waals surface area contributed by atoms with Crippen molar-refractivity contribution in [2.45, 2.75) is 19.8 Å². The number of carboxylic acids is 1. The Labute approximate surface area is 121 Å². The van der Waals surface area contributed by atoms with E-state index in [4.69, 9.17) is 5.11 Å². The van der Waals surface area contributed by atoms with E-state index in [0.717, 1.165) is 16.8 Å². The third kappa shape index (κ3) is 2.69. The van der Waals surface area contributed by atoms with Gasteiger partial charge in [0, 0.05) is 12.5 Å². The fourth-order valence-electron chi connectivity index (χ4n) is 1.69. The van der Waals surface area contributed by atoms with Crippen LogP contribution in [0.1, 0.15) is 29.8 Å². The minimum Gasteiger partial charge on any atom is -0.475 e. The molecule has 0 spiro atoms. The molecule has 0 aliphatic carbocycles. The Balaban J connectivity index is 2.61. The van der Waals surface area contributed by atoms with E-state index in [1.165, 1.54) is 0 Å². The molecular weight excluding hydrogens is 336 g/mol. The lowest BCUT2D eigenvalue weighted by Crippen LogP contribution is -2.07. The number of aryl methyl sites for hydroxylation is 1. The molecule has 8 heteroatoms. The number of nitrogens with zero attached hydrogens (tertiary/aromatic N) is 3. The lowest BCUT2D eigenvalue weighted by Gasteiger charge is -2.07. The van der Waals surface area contributed by atoms with E-state index in [1.54, 1.807) is 0 Å². The number of rotatable bonds is 4. The van der Waals surface area contributed by atoms with Gasteiger partial charge in [-0.25, -0.2) is 23.2 Å². The van der Waals surface area contributed by atoms with Crippen LogP contribution in [0.15, 0.2) is 16.6 Å². The number of aromatic nitrogens is 3. The maximum atomic E-state index is 13.9. The zero-order chi connectivity index (χ0) is 14.9. The van der Waals surface area contributed by atoms with Gasteiger partial charge in [-0.3, -0.25) is 0 Å². The van der Waals surface area contributed by atoms with Gasteiger partial charge in [0.1, 0.15) is 23.1 Å². The number of aromatic carboxylic acids is 1. The van der Waals surface area contributed by atoms with Crippen LogP contribution in [0.25, 0.3) is 5.69 Å². The molecule has 1 aromatic heterocycles. The standard InChI is InChI=1S/C12H10BrF2N3O2/c1-2-3-10-16-11(12(19)20)17-18(10)9-5-7(14)6(13)4-8(9)15/h4-5H,2-3H2,1H3,(H,19,20). The Hall–Kier alpha value is -1.83. The minimum absolute atomic E-state index is 0.0191. The van der Waals surface area contributed by atoms with Crippen molar-refractivity contribution >= 4 is 21.9 Å². The normalized spacial score (nSPS) is 10.8.